The van der Waals surface area contributed by atoms with Gasteiger partial charge in [0.25, 0.3) is 5.56 Å². The van der Waals surface area contributed by atoms with Crippen LogP contribution in [0.25, 0.3) is 21.3 Å². The van der Waals surface area contributed by atoms with Gasteiger partial charge in [-0.3, -0.25) is 9.36 Å². The van der Waals surface area contributed by atoms with Gasteiger partial charge >= 0.3 is 0 Å². The third-order valence-corrected chi connectivity index (χ3v) is 6.28. The highest BCUT2D eigenvalue weighted by Crippen LogP contribution is 2.32. The van der Waals surface area contributed by atoms with Gasteiger partial charge in [-0.05, 0) is 55.2 Å². The van der Waals surface area contributed by atoms with Crippen LogP contribution in [0.3, 0.4) is 0 Å². The van der Waals surface area contributed by atoms with Crippen molar-refractivity contribution in [2.75, 3.05) is 13.7 Å². The fraction of sp³-hybridized carbons (Fsp3) is 0.280. The van der Waals surface area contributed by atoms with Gasteiger partial charge in [-0.15, -0.1) is 11.3 Å². The normalized spacial score (nSPS) is 11.1. The molecule has 0 aliphatic rings. The summed E-state index contributed by atoms with van der Waals surface area (Å²) in [6, 6.07) is 15.9. The summed E-state index contributed by atoms with van der Waals surface area (Å²) in [5.41, 5.74) is 3.19. The average molecular weight is 435 g/mol. The Balaban J connectivity index is 1.52. The van der Waals surface area contributed by atoms with E-state index >= 15 is 0 Å². The second-order valence-electron chi connectivity index (χ2n) is 7.37. The minimum absolute atomic E-state index is 0.00173. The van der Waals surface area contributed by atoms with Gasteiger partial charge in [0.2, 0.25) is 0 Å². The zero-order chi connectivity index (χ0) is 21.8. The number of hydrogen-bond donors (Lipinski definition) is 0. The van der Waals surface area contributed by atoms with Gasteiger partial charge in [0.05, 0.1) is 19.1 Å². The monoisotopic (exact) mass is 434 g/mol. The van der Waals surface area contributed by atoms with Crippen LogP contribution in [0.4, 0.5) is 0 Å². The molecular weight excluding hydrogens is 408 g/mol. The summed E-state index contributed by atoms with van der Waals surface area (Å²) >= 11 is 1.50. The number of benzene rings is 2. The molecule has 2 aromatic heterocycles. The molecule has 0 radical (unpaired) electrons. The van der Waals surface area contributed by atoms with Crippen molar-refractivity contribution < 1.29 is 9.47 Å². The lowest BCUT2D eigenvalue weighted by Crippen LogP contribution is -2.24. The molecule has 2 aromatic carbocycles. The van der Waals surface area contributed by atoms with Crippen LogP contribution < -0.4 is 15.0 Å². The molecule has 5 nitrogen and oxygen atoms in total. The number of hydrogen-bond acceptors (Lipinski definition) is 5. The van der Waals surface area contributed by atoms with Gasteiger partial charge in [0, 0.05) is 17.5 Å². The standard InChI is InChI=1S/C25H26N2O3S/c1-4-18-6-10-21(11-7-18)30-15-5-14-27-17(2)26-24-23(25(27)28)22(16-31-24)19-8-12-20(29-3)13-9-19/h6-13,16H,4-5,14-15H2,1-3H3. The number of fused-ring (bicyclic) bond motifs is 1. The van der Waals surface area contributed by atoms with Crippen LogP contribution >= 0.6 is 11.3 Å². The van der Waals surface area contributed by atoms with Crippen molar-refractivity contribution in [2.24, 2.45) is 0 Å². The minimum Gasteiger partial charge on any atom is -0.497 e. The Hall–Kier alpha value is -3.12. The quantitative estimate of drug-likeness (QED) is 0.345. The maximum absolute atomic E-state index is 13.3. The van der Waals surface area contributed by atoms with E-state index in [0.717, 1.165) is 46.1 Å². The predicted octanol–water partition coefficient (Wildman–Crippen LogP) is 5.47. The van der Waals surface area contributed by atoms with Crippen LogP contribution in [0.15, 0.2) is 58.7 Å². The molecule has 4 rings (SSSR count). The molecule has 160 valence electrons. The average Bonchev–Trinajstić information content (AvgIpc) is 3.22. The largest absolute Gasteiger partial charge is 0.497 e. The Bertz CT molecular complexity index is 1220. The molecule has 0 unspecified atom stereocenters. The highest BCUT2D eigenvalue weighted by Gasteiger charge is 2.15. The van der Waals surface area contributed by atoms with Gasteiger partial charge in [-0.2, -0.15) is 0 Å². The molecule has 0 saturated carbocycles. The second kappa shape index (κ2) is 9.35. The predicted molar refractivity (Wildman–Crippen MR) is 127 cm³/mol. The second-order valence-corrected chi connectivity index (χ2v) is 8.23. The first-order valence-electron chi connectivity index (χ1n) is 10.5. The molecular formula is C25H26N2O3S. The fourth-order valence-corrected chi connectivity index (χ4v) is 4.59. The number of nitrogens with zero attached hydrogens (tertiary/aromatic N) is 2. The van der Waals surface area contributed by atoms with E-state index in [9.17, 15) is 4.79 Å². The third kappa shape index (κ3) is 4.49. The van der Waals surface area contributed by atoms with Crippen molar-refractivity contribution in [2.45, 2.75) is 33.2 Å². The van der Waals surface area contributed by atoms with E-state index < -0.39 is 0 Å². The number of methoxy groups -OCH3 is 1. The molecule has 4 aromatic rings. The van der Waals surface area contributed by atoms with Gasteiger partial charge < -0.3 is 9.47 Å². The van der Waals surface area contributed by atoms with Crippen molar-refractivity contribution in [1.82, 2.24) is 9.55 Å². The lowest BCUT2D eigenvalue weighted by Gasteiger charge is -2.11. The van der Waals surface area contributed by atoms with Gasteiger partial charge in [-0.1, -0.05) is 31.2 Å². The molecule has 0 N–H and O–H groups in total. The molecule has 2 heterocycles. The van der Waals surface area contributed by atoms with E-state index in [1.807, 2.05) is 48.7 Å². The van der Waals surface area contributed by atoms with Crippen molar-refractivity contribution in [1.29, 1.82) is 0 Å². The Morgan fingerprint density at radius 3 is 2.42 bits per heavy atom. The topological polar surface area (TPSA) is 53.4 Å². The summed E-state index contributed by atoms with van der Waals surface area (Å²) in [6.45, 7) is 5.13. The Morgan fingerprint density at radius 1 is 1.03 bits per heavy atom. The van der Waals surface area contributed by atoms with E-state index in [4.69, 9.17) is 9.47 Å². The van der Waals surface area contributed by atoms with E-state index in [1.165, 1.54) is 16.9 Å². The zero-order valence-electron chi connectivity index (χ0n) is 18.1. The number of thiophene rings is 1. The molecule has 0 aliphatic carbocycles. The van der Waals surface area contributed by atoms with Crippen LogP contribution in [0.1, 0.15) is 24.7 Å². The van der Waals surface area contributed by atoms with E-state index in [2.05, 4.69) is 24.0 Å². The Kier molecular flexibility index (Phi) is 6.37. The van der Waals surface area contributed by atoms with Gasteiger partial charge in [-0.25, -0.2) is 4.98 Å². The van der Waals surface area contributed by atoms with Crippen molar-refractivity contribution in [3.05, 3.63) is 75.7 Å². The van der Waals surface area contributed by atoms with E-state index in [1.54, 1.807) is 11.7 Å². The fourth-order valence-electron chi connectivity index (χ4n) is 3.61. The first-order chi connectivity index (χ1) is 15.1. The zero-order valence-corrected chi connectivity index (χ0v) is 18.9. The maximum Gasteiger partial charge on any atom is 0.262 e. The molecule has 0 bridgehead atoms. The molecule has 31 heavy (non-hydrogen) atoms. The first-order valence-corrected chi connectivity index (χ1v) is 11.3. The first kappa shape index (κ1) is 21.1. The lowest BCUT2D eigenvalue weighted by atomic mass is 10.1. The third-order valence-electron chi connectivity index (χ3n) is 5.41. The summed E-state index contributed by atoms with van der Waals surface area (Å²) < 4.78 is 12.8. The van der Waals surface area contributed by atoms with Crippen molar-refractivity contribution >= 4 is 21.6 Å². The molecule has 0 atom stereocenters. The molecule has 0 spiro atoms. The number of ether oxygens (including phenoxy) is 2. The lowest BCUT2D eigenvalue weighted by molar-refractivity contribution is 0.300. The summed E-state index contributed by atoms with van der Waals surface area (Å²) in [4.78, 5) is 18.8. The summed E-state index contributed by atoms with van der Waals surface area (Å²) in [5, 5.41) is 2.69. The highest BCUT2D eigenvalue weighted by atomic mass is 32.1. The smallest absolute Gasteiger partial charge is 0.262 e. The van der Waals surface area contributed by atoms with Crippen LogP contribution in [-0.2, 0) is 13.0 Å². The summed E-state index contributed by atoms with van der Waals surface area (Å²) in [7, 11) is 1.64. The van der Waals surface area contributed by atoms with E-state index in [0.29, 0.717) is 18.5 Å². The molecule has 0 fully saturated rings. The number of aromatic nitrogens is 2. The molecule has 0 aliphatic heterocycles. The molecule has 0 saturated heterocycles. The van der Waals surface area contributed by atoms with Crippen molar-refractivity contribution in [3.63, 3.8) is 0 Å². The SMILES string of the molecule is CCc1ccc(OCCCn2c(C)nc3scc(-c4ccc(OC)cc4)c3c2=O)cc1. The highest BCUT2D eigenvalue weighted by molar-refractivity contribution is 7.17. The maximum atomic E-state index is 13.3. The minimum atomic E-state index is 0.00173. The van der Waals surface area contributed by atoms with Crippen LogP contribution in [0.5, 0.6) is 11.5 Å². The number of rotatable bonds is 8. The van der Waals surface area contributed by atoms with Crippen LogP contribution in [0, 0.1) is 6.92 Å². The molecule has 0 amide bonds. The summed E-state index contributed by atoms with van der Waals surface area (Å²) in [6.07, 6.45) is 1.74. The van der Waals surface area contributed by atoms with Crippen LogP contribution in [0.2, 0.25) is 0 Å². The van der Waals surface area contributed by atoms with Crippen molar-refractivity contribution in [3.8, 4) is 22.6 Å². The molecule has 6 heteroatoms. The Labute approximate surface area is 185 Å². The number of aryl methyl sites for hydroxylation is 2. The van der Waals surface area contributed by atoms with Gasteiger partial charge in [0.15, 0.2) is 0 Å². The van der Waals surface area contributed by atoms with Crippen LogP contribution in [-0.4, -0.2) is 23.3 Å². The Morgan fingerprint density at radius 2 is 1.74 bits per heavy atom. The van der Waals surface area contributed by atoms with E-state index in [-0.39, 0.29) is 5.56 Å². The summed E-state index contributed by atoms with van der Waals surface area (Å²) in [5.74, 6) is 2.38. The van der Waals surface area contributed by atoms with Gasteiger partial charge in [0.1, 0.15) is 22.2 Å².